The number of alkyl carbamates (subject to hydrolysis) is 1. The number of allylic oxidation sites excluding steroid dienone is 2. The topological polar surface area (TPSA) is 74.8 Å². The lowest BCUT2D eigenvalue weighted by atomic mass is 10.00. The molecule has 1 N–H and O–H groups in total. The Bertz CT molecular complexity index is 1520. The molecule has 1 aliphatic heterocycles. The average Bonchev–Trinajstić information content (AvgIpc) is 3.09. The predicted molar refractivity (Wildman–Crippen MR) is 190 cm³/mol. The van der Waals surface area contributed by atoms with Gasteiger partial charge in [0.1, 0.15) is 6.61 Å². The Hall–Kier alpha value is -4.58. The van der Waals surface area contributed by atoms with Crippen molar-refractivity contribution in [1.29, 1.82) is 0 Å². The van der Waals surface area contributed by atoms with Crippen LogP contribution in [0.25, 0.3) is 0 Å². The number of rotatable bonds is 11. The summed E-state index contributed by atoms with van der Waals surface area (Å²) in [5.41, 5.74) is 5.45. The number of carbonyl (C=O) groups is 2. The lowest BCUT2D eigenvalue weighted by Gasteiger charge is -2.38. The molecule has 1 aliphatic rings. The molecular weight excluding hydrogens is 593 g/mol. The van der Waals surface area contributed by atoms with Gasteiger partial charge in [-0.25, -0.2) is 4.79 Å². The van der Waals surface area contributed by atoms with Crippen LogP contribution < -0.4 is 5.32 Å². The molecule has 1 aromatic heterocycles. The first-order valence-corrected chi connectivity index (χ1v) is 16.2. The van der Waals surface area contributed by atoms with Gasteiger partial charge in [-0.05, 0) is 73.6 Å². The van der Waals surface area contributed by atoms with Crippen LogP contribution >= 0.6 is 12.6 Å². The molecular formula is C38H44N4O3S. The van der Waals surface area contributed by atoms with Crippen LogP contribution in [0, 0.1) is 18.8 Å². The highest BCUT2D eigenvalue weighted by Gasteiger charge is 2.29. The van der Waals surface area contributed by atoms with Gasteiger partial charge in [-0.2, -0.15) is 12.6 Å². The molecule has 7 nitrogen and oxygen atoms in total. The molecule has 0 atom stereocenters. The van der Waals surface area contributed by atoms with E-state index in [2.05, 4.69) is 58.9 Å². The molecule has 0 bridgehead atoms. The SMILES string of the molecule is C=C/C=C(\C=C)COC(=O)NCC#Cc1cccc(CN(C(=O)c2ccc(C)cc2)C2CCN(Cc3ccccn3)CC2)c1.CS. The summed E-state index contributed by atoms with van der Waals surface area (Å²) in [5.74, 6) is 6.12. The van der Waals surface area contributed by atoms with Gasteiger partial charge < -0.3 is 15.0 Å². The van der Waals surface area contributed by atoms with E-state index in [-0.39, 0.29) is 25.1 Å². The summed E-state index contributed by atoms with van der Waals surface area (Å²) in [4.78, 5) is 34.7. The van der Waals surface area contributed by atoms with Crippen molar-refractivity contribution in [3.8, 4) is 11.8 Å². The number of hydrogen-bond donors (Lipinski definition) is 2. The number of likely N-dealkylation sites (tertiary alicyclic amines) is 1. The maximum atomic E-state index is 13.9. The van der Waals surface area contributed by atoms with Crippen LogP contribution in [0.2, 0.25) is 0 Å². The van der Waals surface area contributed by atoms with Crippen molar-refractivity contribution in [2.75, 3.05) is 32.5 Å². The molecule has 46 heavy (non-hydrogen) atoms. The Morgan fingerprint density at radius 3 is 2.52 bits per heavy atom. The van der Waals surface area contributed by atoms with Gasteiger partial charge >= 0.3 is 6.09 Å². The van der Waals surface area contributed by atoms with Gasteiger partial charge in [0.15, 0.2) is 0 Å². The van der Waals surface area contributed by atoms with Gasteiger partial charge in [0.25, 0.3) is 5.91 Å². The monoisotopic (exact) mass is 636 g/mol. The summed E-state index contributed by atoms with van der Waals surface area (Å²) < 4.78 is 5.17. The molecule has 3 aromatic rings. The standard InChI is InChI=1S/C37H40N4O3.CH4S/c1-4-10-30(5-2)28-44-37(43)39-22-9-13-31-11-8-12-32(25-31)26-41(36(42)33-17-15-29(3)16-18-33)35-19-23-40(24-20-35)27-34-14-6-7-21-38-34;1-2/h4-8,10-12,14-18,21,25,35H,1-2,19-20,22-24,26-28H2,3H3,(H,39,43);2H,1H3/b30-10+;. The summed E-state index contributed by atoms with van der Waals surface area (Å²) in [7, 11) is 0. The maximum absolute atomic E-state index is 13.9. The fraction of sp³-hybridized carbons (Fsp3) is 0.289. The van der Waals surface area contributed by atoms with Crippen LogP contribution in [-0.4, -0.2) is 65.3 Å². The zero-order chi connectivity index (χ0) is 33.1. The van der Waals surface area contributed by atoms with Gasteiger partial charge in [-0.15, -0.1) is 0 Å². The van der Waals surface area contributed by atoms with E-state index in [9.17, 15) is 9.59 Å². The van der Waals surface area contributed by atoms with E-state index in [0.717, 1.165) is 60.4 Å². The average molecular weight is 637 g/mol. The van der Waals surface area contributed by atoms with Gasteiger partial charge in [-0.1, -0.05) is 79.1 Å². The van der Waals surface area contributed by atoms with Gasteiger partial charge in [-0.3, -0.25) is 14.7 Å². The fourth-order valence-electron chi connectivity index (χ4n) is 5.07. The molecule has 0 unspecified atom stereocenters. The number of piperidine rings is 1. The molecule has 2 aromatic carbocycles. The Kier molecular flexibility index (Phi) is 15.4. The smallest absolute Gasteiger partial charge is 0.408 e. The first-order chi connectivity index (χ1) is 22.4. The van der Waals surface area contributed by atoms with Crippen molar-refractivity contribution in [3.63, 3.8) is 0 Å². The summed E-state index contributed by atoms with van der Waals surface area (Å²) >= 11 is 3.53. The number of benzene rings is 2. The normalized spacial score (nSPS) is 13.2. The molecule has 0 radical (unpaired) electrons. The Morgan fingerprint density at radius 1 is 1.09 bits per heavy atom. The van der Waals surface area contributed by atoms with Crippen molar-refractivity contribution in [2.45, 2.75) is 38.9 Å². The van der Waals surface area contributed by atoms with Crippen LogP contribution in [-0.2, 0) is 17.8 Å². The Balaban J connectivity index is 0.00000282. The van der Waals surface area contributed by atoms with Crippen molar-refractivity contribution in [2.24, 2.45) is 0 Å². The van der Waals surface area contributed by atoms with Crippen LogP contribution in [0.4, 0.5) is 4.79 Å². The van der Waals surface area contributed by atoms with Gasteiger partial charge in [0.2, 0.25) is 0 Å². The second-order valence-corrected chi connectivity index (χ2v) is 10.7. The quantitative estimate of drug-likeness (QED) is 0.141. The van der Waals surface area contributed by atoms with E-state index in [4.69, 9.17) is 4.74 Å². The molecule has 0 saturated carbocycles. The van der Waals surface area contributed by atoms with Gasteiger partial charge in [0, 0.05) is 49.5 Å². The summed E-state index contributed by atoms with van der Waals surface area (Å²) in [6, 6.07) is 21.8. The number of aryl methyl sites for hydroxylation is 1. The minimum absolute atomic E-state index is 0.0370. The molecule has 4 rings (SSSR count). The molecule has 0 spiro atoms. The van der Waals surface area contributed by atoms with E-state index >= 15 is 0 Å². The van der Waals surface area contributed by atoms with Crippen LogP contribution in [0.5, 0.6) is 0 Å². The fourth-order valence-corrected chi connectivity index (χ4v) is 5.07. The van der Waals surface area contributed by atoms with Crippen LogP contribution in [0.15, 0.2) is 110 Å². The lowest BCUT2D eigenvalue weighted by Crippen LogP contribution is -2.47. The van der Waals surface area contributed by atoms with E-state index < -0.39 is 6.09 Å². The third-order valence-corrected chi connectivity index (χ3v) is 7.47. The van der Waals surface area contributed by atoms with Gasteiger partial charge in [0.05, 0.1) is 12.2 Å². The zero-order valence-corrected chi connectivity index (χ0v) is 27.7. The van der Waals surface area contributed by atoms with E-state index in [0.29, 0.717) is 12.1 Å². The predicted octanol–water partition coefficient (Wildman–Crippen LogP) is 6.62. The first-order valence-electron chi connectivity index (χ1n) is 15.3. The molecule has 8 heteroatoms. The number of ether oxygens (including phenoxy) is 1. The maximum Gasteiger partial charge on any atom is 0.408 e. The second-order valence-electron chi connectivity index (χ2n) is 10.7. The molecule has 2 amide bonds. The van der Waals surface area contributed by atoms with Crippen molar-refractivity contribution in [1.82, 2.24) is 20.1 Å². The summed E-state index contributed by atoms with van der Waals surface area (Å²) in [6.07, 6.45) is 9.72. The van der Waals surface area contributed by atoms with E-state index in [1.165, 1.54) is 0 Å². The van der Waals surface area contributed by atoms with E-state index in [1.54, 1.807) is 24.5 Å². The molecule has 2 heterocycles. The largest absolute Gasteiger partial charge is 0.445 e. The number of hydrogen-bond acceptors (Lipinski definition) is 6. The number of nitrogens with one attached hydrogen (secondary N) is 1. The number of pyridine rings is 1. The highest BCUT2D eigenvalue weighted by atomic mass is 32.1. The molecule has 1 fully saturated rings. The number of amides is 2. The van der Waals surface area contributed by atoms with E-state index in [1.807, 2.05) is 78.7 Å². The number of carbonyl (C=O) groups excluding carboxylic acids is 2. The zero-order valence-electron chi connectivity index (χ0n) is 26.8. The number of aromatic nitrogens is 1. The van der Waals surface area contributed by atoms with Crippen LogP contribution in [0.1, 0.15) is 45.6 Å². The minimum Gasteiger partial charge on any atom is -0.445 e. The molecule has 240 valence electrons. The molecule has 0 aliphatic carbocycles. The van der Waals surface area contributed by atoms with Crippen molar-refractivity contribution >= 4 is 24.6 Å². The van der Waals surface area contributed by atoms with Crippen molar-refractivity contribution in [3.05, 3.63) is 138 Å². The molecule has 1 saturated heterocycles. The minimum atomic E-state index is -0.554. The Labute approximate surface area is 279 Å². The number of nitrogens with zero attached hydrogens (tertiary/aromatic N) is 3. The highest BCUT2D eigenvalue weighted by Crippen LogP contribution is 2.23. The lowest BCUT2D eigenvalue weighted by molar-refractivity contribution is 0.0541. The van der Waals surface area contributed by atoms with Crippen LogP contribution in [0.3, 0.4) is 0 Å². The summed E-state index contributed by atoms with van der Waals surface area (Å²) in [5, 5.41) is 2.64. The third kappa shape index (κ3) is 11.7. The Morgan fingerprint density at radius 2 is 1.85 bits per heavy atom. The van der Waals surface area contributed by atoms with Crippen molar-refractivity contribution < 1.29 is 14.3 Å². The third-order valence-electron chi connectivity index (χ3n) is 7.47. The second kappa shape index (κ2) is 19.7. The number of thiol groups is 1. The first kappa shape index (κ1) is 35.9. The summed E-state index contributed by atoms with van der Waals surface area (Å²) in [6.45, 7) is 12.7. The highest BCUT2D eigenvalue weighted by molar-refractivity contribution is 7.79.